The zero-order valence-corrected chi connectivity index (χ0v) is 12.0. The third-order valence-corrected chi connectivity index (χ3v) is 3.27. The number of halogens is 1. The third-order valence-electron chi connectivity index (χ3n) is 3.07. The minimum atomic E-state index is -0.402. The van der Waals surface area contributed by atoms with Crippen LogP contribution in [0.25, 0.3) is 0 Å². The molecule has 1 heterocycles. The first-order chi connectivity index (χ1) is 9.58. The summed E-state index contributed by atoms with van der Waals surface area (Å²) in [5, 5.41) is 3.25. The Morgan fingerprint density at radius 3 is 2.85 bits per heavy atom. The molecule has 0 aliphatic rings. The number of furan rings is 1. The largest absolute Gasteiger partial charge is 0.469 e. The van der Waals surface area contributed by atoms with Crippen LogP contribution in [0.3, 0.4) is 0 Å². The van der Waals surface area contributed by atoms with E-state index in [1.165, 1.54) is 6.07 Å². The van der Waals surface area contributed by atoms with Crippen molar-refractivity contribution in [1.82, 2.24) is 0 Å². The summed E-state index contributed by atoms with van der Waals surface area (Å²) in [6.45, 7) is 2.02. The Morgan fingerprint density at radius 1 is 1.40 bits per heavy atom. The zero-order chi connectivity index (χ0) is 14.5. The maximum Gasteiger partial charge on any atom is 0.135 e. The van der Waals surface area contributed by atoms with Crippen LogP contribution in [0.5, 0.6) is 0 Å². The third kappa shape index (κ3) is 3.57. The average Bonchev–Trinajstić information content (AvgIpc) is 2.89. The SMILES string of the molecule is CC(CCc1ccco1)Nc1cccc(F)c1C(N)=S. The van der Waals surface area contributed by atoms with E-state index < -0.39 is 5.82 Å². The van der Waals surface area contributed by atoms with Crippen LogP contribution in [0.15, 0.2) is 41.0 Å². The fourth-order valence-electron chi connectivity index (χ4n) is 2.05. The molecule has 2 rings (SSSR count). The molecule has 3 nitrogen and oxygen atoms in total. The number of anilines is 1. The highest BCUT2D eigenvalue weighted by molar-refractivity contribution is 7.80. The Labute approximate surface area is 123 Å². The molecule has 0 amide bonds. The van der Waals surface area contributed by atoms with Crippen LogP contribution in [-0.2, 0) is 6.42 Å². The maximum atomic E-state index is 13.7. The number of aryl methyl sites for hydroxylation is 1. The fourth-order valence-corrected chi connectivity index (χ4v) is 2.25. The predicted octanol–water partition coefficient (Wildman–Crippen LogP) is 3.49. The van der Waals surface area contributed by atoms with Crippen LogP contribution in [0.1, 0.15) is 24.7 Å². The Balaban J connectivity index is 2.02. The van der Waals surface area contributed by atoms with Crippen molar-refractivity contribution in [3.63, 3.8) is 0 Å². The van der Waals surface area contributed by atoms with Gasteiger partial charge in [0.1, 0.15) is 16.6 Å². The molecular formula is C15H17FN2OS. The smallest absolute Gasteiger partial charge is 0.135 e. The first kappa shape index (κ1) is 14.5. The minimum absolute atomic E-state index is 0.0591. The van der Waals surface area contributed by atoms with Crippen LogP contribution in [-0.4, -0.2) is 11.0 Å². The van der Waals surface area contributed by atoms with Crippen LogP contribution in [0, 0.1) is 5.82 Å². The number of rotatable bonds is 6. The van der Waals surface area contributed by atoms with E-state index >= 15 is 0 Å². The molecular weight excluding hydrogens is 275 g/mol. The summed E-state index contributed by atoms with van der Waals surface area (Å²) in [6.07, 6.45) is 3.34. The molecule has 0 spiro atoms. The van der Waals surface area contributed by atoms with Gasteiger partial charge >= 0.3 is 0 Å². The van der Waals surface area contributed by atoms with Gasteiger partial charge in [-0.15, -0.1) is 0 Å². The molecule has 3 N–H and O–H groups in total. The second-order valence-electron chi connectivity index (χ2n) is 4.69. The molecule has 5 heteroatoms. The highest BCUT2D eigenvalue weighted by Gasteiger charge is 2.13. The first-order valence-corrected chi connectivity index (χ1v) is 6.86. The van der Waals surface area contributed by atoms with Gasteiger partial charge in [-0.2, -0.15) is 0 Å². The maximum absolute atomic E-state index is 13.7. The monoisotopic (exact) mass is 292 g/mol. The van der Waals surface area contributed by atoms with Crippen molar-refractivity contribution < 1.29 is 8.81 Å². The Hall–Kier alpha value is -1.88. The van der Waals surface area contributed by atoms with Crippen LogP contribution < -0.4 is 11.1 Å². The summed E-state index contributed by atoms with van der Waals surface area (Å²) in [5.41, 5.74) is 6.48. The second kappa shape index (κ2) is 6.52. The van der Waals surface area contributed by atoms with Crippen molar-refractivity contribution in [3.05, 3.63) is 53.7 Å². The fraction of sp³-hybridized carbons (Fsp3) is 0.267. The molecule has 20 heavy (non-hydrogen) atoms. The summed E-state index contributed by atoms with van der Waals surface area (Å²) in [4.78, 5) is 0.0591. The van der Waals surface area contributed by atoms with Gasteiger partial charge in [0.2, 0.25) is 0 Å². The van der Waals surface area contributed by atoms with Gasteiger partial charge in [-0.25, -0.2) is 4.39 Å². The predicted molar refractivity (Wildman–Crippen MR) is 82.4 cm³/mol. The summed E-state index contributed by atoms with van der Waals surface area (Å²) in [5.74, 6) is 0.535. The van der Waals surface area contributed by atoms with Crippen LogP contribution in [0.4, 0.5) is 10.1 Å². The number of benzene rings is 1. The lowest BCUT2D eigenvalue weighted by Gasteiger charge is -2.17. The molecule has 0 saturated carbocycles. The van der Waals surface area contributed by atoms with Crippen molar-refractivity contribution in [2.45, 2.75) is 25.8 Å². The van der Waals surface area contributed by atoms with Crippen LogP contribution in [0.2, 0.25) is 0 Å². The van der Waals surface area contributed by atoms with E-state index in [1.54, 1.807) is 18.4 Å². The molecule has 0 aliphatic carbocycles. The second-order valence-corrected chi connectivity index (χ2v) is 5.13. The van der Waals surface area contributed by atoms with Crippen molar-refractivity contribution >= 4 is 22.9 Å². The van der Waals surface area contributed by atoms with Gasteiger partial charge in [0, 0.05) is 18.2 Å². The number of hydrogen-bond acceptors (Lipinski definition) is 3. The molecule has 0 bridgehead atoms. The Bertz CT molecular complexity index is 584. The number of nitrogens with one attached hydrogen (secondary N) is 1. The van der Waals surface area contributed by atoms with Crippen molar-refractivity contribution in [1.29, 1.82) is 0 Å². The highest BCUT2D eigenvalue weighted by atomic mass is 32.1. The molecule has 0 radical (unpaired) electrons. The summed E-state index contributed by atoms with van der Waals surface area (Å²) in [7, 11) is 0. The van der Waals surface area contributed by atoms with E-state index in [9.17, 15) is 4.39 Å². The Morgan fingerprint density at radius 2 is 2.20 bits per heavy atom. The van der Waals surface area contributed by atoms with Crippen LogP contribution >= 0.6 is 12.2 Å². The van der Waals surface area contributed by atoms with Crippen molar-refractivity contribution in [3.8, 4) is 0 Å². The molecule has 106 valence electrons. The zero-order valence-electron chi connectivity index (χ0n) is 11.2. The summed E-state index contributed by atoms with van der Waals surface area (Å²) in [6, 6.07) is 8.72. The minimum Gasteiger partial charge on any atom is -0.469 e. The molecule has 0 fully saturated rings. The number of nitrogens with two attached hydrogens (primary N) is 1. The standard InChI is InChI=1S/C15H17FN2OS/c1-10(7-8-11-4-3-9-19-11)18-13-6-2-5-12(16)14(13)15(17)20/h2-6,9-10,18H,7-8H2,1H3,(H2,17,20). The quantitative estimate of drug-likeness (QED) is 0.800. The molecule has 0 saturated heterocycles. The molecule has 1 aromatic heterocycles. The Kier molecular flexibility index (Phi) is 4.74. The van der Waals surface area contributed by atoms with E-state index in [1.807, 2.05) is 19.1 Å². The number of thiocarbonyl (C=S) groups is 1. The lowest BCUT2D eigenvalue weighted by atomic mass is 10.1. The van der Waals surface area contributed by atoms with E-state index in [0.717, 1.165) is 18.6 Å². The normalized spacial score (nSPS) is 12.1. The first-order valence-electron chi connectivity index (χ1n) is 6.45. The summed E-state index contributed by atoms with van der Waals surface area (Å²) < 4.78 is 19.0. The molecule has 1 aromatic carbocycles. The van der Waals surface area contributed by atoms with Crippen molar-refractivity contribution in [2.24, 2.45) is 5.73 Å². The number of hydrogen-bond donors (Lipinski definition) is 2. The highest BCUT2D eigenvalue weighted by Crippen LogP contribution is 2.20. The van der Waals surface area contributed by atoms with Gasteiger partial charge in [-0.1, -0.05) is 18.3 Å². The lowest BCUT2D eigenvalue weighted by Crippen LogP contribution is -2.21. The topological polar surface area (TPSA) is 51.2 Å². The summed E-state index contributed by atoms with van der Waals surface area (Å²) >= 11 is 4.90. The molecule has 1 atom stereocenters. The van der Waals surface area contributed by atoms with Gasteiger partial charge in [-0.05, 0) is 37.6 Å². The molecule has 1 unspecified atom stereocenters. The molecule has 2 aromatic rings. The molecule has 0 aliphatic heterocycles. The van der Waals surface area contributed by atoms with Gasteiger partial charge in [0.25, 0.3) is 0 Å². The van der Waals surface area contributed by atoms with Gasteiger partial charge in [0.15, 0.2) is 0 Å². The average molecular weight is 292 g/mol. The van der Waals surface area contributed by atoms with E-state index in [0.29, 0.717) is 5.69 Å². The van der Waals surface area contributed by atoms with E-state index in [4.69, 9.17) is 22.4 Å². The van der Waals surface area contributed by atoms with Gasteiger partial charge in [0.05, 0.1) is 11.8 Å². The van der Waals surface area contributed by atoms with Crippen molar-refractivity contribution in [2.75, 3.05) is 5.32 Å². The lowest BCUT2D eigenvalue weighted by molar-refractivity contribution is 0.495. The van der Waals surface area contributed by atoms with Gasteiger partial charge in [-0.3, -0.25) is 0 Å². The van der Waals surface area contributed by atoms with E-state index in [2.05, 4.69) is 5.32 Å². The van der Waals surface area contributed by atoms with E-state index in [-0.39, 0.29) is 16.6 Å². The van der Waals surface area contributed by atoms with Gasteiger partial charge < -0.3 is 15.5 Å².